The second-order valence-corrected chi connectivity index (χ2v) is 6.26. The van der Waals surface area contributed by atoms with E-state index in [0.29, 0.717) is 6.61 Å². The van der Waals surface area contributed by atoms with E-state index in [1.54, 1.807) is 7.11 Å². The van der Waals surface area contributed by atoms with Gasteiger partial charge in [-0.25, -0.2) is 4.98 Å². The summed E-state index contributed by atoms with van der Waals surface area (Å²) in [5, 5.41) is 1.14. The van der Waals surface area contributed by atoms with Gasteiger partial charge >= 0.3 is 0 Å². The van der Waals surface area contributed by atoms with Gasteiger partial charge in [0.15, 0.2) is 0 Å². The summed E-state index contributed by atoms with van der Waals surface area (Å²) in [6.07, 6.45) is 0.270. The summed E-state index contributed by atoms with van der Waals surface area (Å²) in [6.45, 7) is 4.36. The SMILES string of the molecule is COCC1CN(c2ccc3cccc(Br)c3n2)CC(C)O1. The van der Waals surface area contributed by atoms with Crippen molar-refractivity contribution in [2.75, 3.05) is 31.7 Å². The van der Waals surface area contributed by atoms with Crippen molar-refractivity contribution in [3.05, 3.63) is 34.8 Å². The minimum absolute atomic E-state index is 0.0930. The first-order valence-corrected chi connectivity index (χ1v) is 7.91. The third-order valence-electron chi connectivity index (χ3n) is 3.66. The second-order valence-electron chi connectivity index (χ2n) is 5.41. The van der Waals surface area contributed by atoms with Gasteiger partial charge in [-0.2, -0.15) is 0 Å². The third-order valence-corrected chi connectivity index (χ3v) is 4.30. The van der Waals surface area contributed by atoms with Gasteiger partial charge in [-0.3, -0.25) is 0 Å². The van der Waals surface area contributed by atoms with Crippen molar-refractivity contribution < 1.29 is 9.47 Å². The van der Waals surface area contributed by atoms with Gasteiger partial charge in [0, 0.05) is 30.1 Å². The third kappa shape index (κ3) is 3.20. The molecule has 21 heavy (non-hydrogen) atoms. The highest BCUT2D eigenvalue weighted by Crippen LogP contribution is 2.26. The Morgan fingerprint density at radius 2 is 2.19 bits per heavy atom. The number of halogens is 1. The molecule has 0 saturated carbocycles. The van der Waals surface area contributed by atoms with Gasteiger partial charge < -0.3 is 14.4 Å². The van der Waals surface area contributed by atoms with Crippen LogP contribution in [0.1, 0.15) is 6.92 Å². The fourth-order valence-corrected chi connectivity index (χ4v) is 3.26. The molecule has 3 rings (SSSR count). The Hall–Kier alpha value is -1.17. The maximum absolute atomic E-state index is 5.89. The molecule has 1 aliphatic heterocycles. The van der Waals surface area contributed by atoms with Gasteiger partial charge in [-0.1, -0.05) is 12.1 Å². The number of ether oxygens (including phenoxy) is 2. The monoisotopic (exact) mass is 350 g/mol. The van der Waals surface area contributed by atoms with E-state index in [0.717, 1.165) is 34.3 Å². The molecule has 2 aromatic rings. The minimum atomic E-state index is 0.0930. The predicted octanol–water partition coefficient (Wildman–Crippen LogP) is 3.24. The molecule has 112 valence electrons. The van der Waals surface area contributed by atoms with Crippen LogP contribution in [0.5, 0.6) is 0 Å². The van der Waals surface area contributed by atoms with Crippen LogP contribution in [0.15, 0.2) is 34.8 Å². The number of aromatic nitrogens is 1. The Morgan fingerprint density at radius 3 is 3.00 bits per heavy atom. The molecular formula is C16H19BrN2O2. The van der Waals surface area contributed by atoms with Crippen LogP contribution in [0.3, 0.4) is 0 Å². The molecule has 1 aromatic carbocycles. The van der Waals surface area contributed by atoms with E-state index in [1.807, 2.05) is 12.1 Å². The van der Waals surface area contributed by atoms with Gasteiger partial charge in [0.1, 0.15) is 5.82 Å². The number of methoxy groups -OCH3 is 1. The smallest absolute Gasteiger partial charge is 0.129 e. The minimum Gasteiger partial charge on any atom is -0.382 e. The number of nitrogens with zero attached hydrogens (tertiary/aromatic N) is 2. The number of pyridine rings is 1. The predicted molar refractivity (Wildman–Crippen MR) is 87.9 cm³/mol. The van der Waals surface area contributed by atoms with E-state index in [9.17, 15) is 0 Å². The highest BCUT2D eigenvalue weighted by Gasteiger charge is 2.26. The van der Waals surface area contributed by atoms with Crippen molar-refractivity contribution in [1.82, 2.24) is 4.98 Å². The highest BCUT2D eigenvalue weighted by molar-refractivity contribution is 9.10. The van der Waals surface area contributed by atoms with Gasteiger partial charge in [0.25, 0.3) is 0 Å². The molecule has 1 aromatic heterocycles. The van der Waals surface area contributed by atoms with Crippen molar-refractivity contribution in [2.45, 2.75) is 19.1 Å². The molecular weight excluding hydrogens is 332 g/mol. The molecule has 1 fully saturated rings. The molecule has 0 bridgehead atoms. The van der Waals surface area contributed by atoms with Gasteiger partial charge in [-0.15, -0.1) is 0 Å². The molecule has 0 radical (unpaired) electrons. The average Bonchev–Trinajstić information content (AvgIpc) is 2.47. The second kappa shape index (κ2) is 6.30. The molecule has 1 saturated heterocycles. The lowest BCUT2D eigenvalue weighted by Crippen LogP contribution is -2.48. The van der Waals surface area contributed by atoms with Crippen molar-refractivity contribution in [3.63, 3.8) is 0 Å². The van der Waals surface area contributed by atoms with Crippen molar-refractivity contribution >= 4 is 32.7 Å². The molecule has 2 atom stereocenters. The maximum atomic E-state index is 5.89. The number of benzene rings is 1. The first kappa shape index (κ1) is 14.8. The molecule has 5 heteroatoms. The normalized spacial score (nSPS) is 22.7. The van der Waals surface area contributed by atoms with E-state index in [2.05, 4.69) is 46.0 Å². The molecule has 4 nitrogen and oxygen atoms in total. The largest absolute Gasteiger partial charge is 0.382 e. The summed E-state index contributed by atoms with van der Waals surface area (Å²) in [6, 6.07) is 10.3. The van der Waals surface area contributed by atoms with Crippen molar-refractivity contribution in [1.29, 1.82) is 0 Å². The standard InChI is InChI=1S/C16H19BrN2O2/c1-11-8-19(9-13(21-11)10-20-2)15-7-6-12-4-3-5-14(17)16(12)18-15/h3-7,11,13H,8-10H2,1-2H3. The summed E-state index contributed by atoms with van der Waals surface area (Å²) in [5.74, 6) is 0.991. The molecule has 0 spiro atoms. The Morgan fingerprint density at radius 1 is 1.33 bits per heavy atom. The molecule has 2 unspecified atom stereocenters. The number of morpholine rings is 1. The number of hydrogen-bond donors (Lipinski definition) is 0. The number of para-hydroxylation sites is 1. The van der Waals surface area contributed by atoms with Crippen molar-refractivity contribution in [3.8, 4) is 0 Å². The van der Waals surface area contributed by atoms with Crippen LogP contribution >= 0.6 is 15.9 Å². The molecule has 0 N–H and O–H groups in total. The van der Waals surface area contributed by atoms with Crippen LogP contribution in [0.4, 0.5) is 5.82 Å². The summed E-state index contributed by atoms with van der Waals surface area (Å²) in [5.41, 5.74) is 0.998. The number of anilines is 1. The lowest BCUT2D eigenvalue weighted by molar-refractivity contribution is -0.0512. The van der Waals surface area contributed by atoms with Crippen LogP contribution in [0.2, 0.25) is 0 Å². The lowest BCUT2D eigenvalue weighted by Gasteiger charge is -2.37. The first-order chi connectivity index (χ1) is 10.2. The van der Waals surface area contributed by atoms with E-state index in [-0.39, 0.29) is 12.2 Å². The summed E-state index contributed by atoms with van der Waals surface area (Å²) >= 11 is 3.58. The van der Waals surface area contributed by atoms with Crippen LogP contribution in [0, 0.1) is 0 Å². The zero-order valence-electron chi connectivity index (χ0n) is 12.3. The van der Waals surface area contributed by atoms with E-state index >= 15 is 0 Å². The van der Waals surface area contributed by atoms with E-state index < -0.39 is 0 Å². The van der Waals surface area contributed by atoms with Gasteiger partial charge in [0.05, 0.1) is 24.3 Å². The van der Waals surface area contributed by atoms with Crippen LogP contribution in [0.25, 0.3) is 10.9 Å². The first-order valence-electron chi connectivity index (χ1n) is 7.12. The van der Waals surface area contributed by atoms with Crippen LogP contribution in [-0.2, 0) is 9.47 Å². The zero-order valence-corrected chi connectivity index (χ0v) is 13.8. The topological polar surface area (TPSA) is 34.6 Å². The lowest BCUT2D eigenvalue weighted by atomic mass is 10.2. The van der Waals surface area contributed by atoms with Crippen molar-refractivity contribution in [2.24, 2.45) is 0 Å². The fourth-order valence-electron chi connectivity index (χ4n) is 2.79. The number of fused-ring (bicyclic) bond motifs is 1. The number of rotatable bonds is 3. The Bertz CT molecular complexity index is 635. The summed E-state index contributed by atoms with van der Waals surface area (Å²) in [4.78, 5) is 7.08. The maximum Gasteiger partial charge on any atom is 0.129 e. The molecule has 1 aliphatic rings. The Labute approximate surface area is 133 Å². The van der Waals surface area contributed by atoms with Gasteiger partial charge in [-0.05, 0) is 41.1 Å². The number of hydrogen-bond acceptors (Lipinski definition) is 4. The van der Waals surface area contributed by atoms with Crippen LogP contribution in [-0.4, -0.2) is 44.0 Å². The fraction of sp³-hybridized carbons (Fsp3) is 0.438. The van der Waals surface area contributed by atoms with Crippen LogP contribution < -0.4 is 4.90 Å². The zero-order chi connectivity index (χ0) is 14.8. The van der Waals surface area contributed by atoms with E-state index in [4.69, 9.17) is 14.5 Å². The Balaban J connectivity index is 1.90. The summed E-state index contributed by atoms with van der Waals surface area (Å²) < 4.78 is 12.1. The Kier molecular flexibility index (Phi) is 4.42. The molecule has 2 heterocycles. The van der Waals surface area contributed by atoms with Gasteiger partial charge in [0.2, 0.25) is 0 Å². The molecule has 0 aliphatic carbocycles. The average molecular weight is 351 g/mol. The molecule has 0 amide bonds. The quantitative estimate of drug-likeness (QED) is 0.850. The summed E-state index contributed by atoms with van der Waals surface area (Å²) in [7, 11) is 1.71. The highest BCUT2D eigenvalue weighted by atomic mass is 79.9. The van der Waals surface area contributed by atoms with E-state index in [1.165, 1.54) is 0 Å².